The fraction of sp³-hybridized carbons (Fsp3) is 0.160. The van der Waals surface area contributed by atoms with Gasteiger partial charge in [-0.05, 0) is 51.5 Å². The van der Waals surface area contributed by atoms with Crippen LogP contribution in [0.25, 0.3) is 33.1 Å². The molecule has 0 spiro atoms. The van der Waals surface area contributed by atoms with Crippen LogP contribution in [0.2, 0.25) is 0 Å². The van der Waals surface area contributed by atoms with Crippen LogP contribution in [0.4, 0.5) is 0 Å². The average Bonchev–Trinajstić information content (AvgIpc) is 3.23. The summed E-state index contributed by atoms with van der Waals surface area (Å²) in [7, 11) is 0. The third kappa shape index (κ3) is 2.40. The number of aryl methyl sites for hydroxylation is 4. The molecule has 138 valence electrons. The zero-order valence-electron chi connectivity index (χ0n) is 16.7. The molecular weight excluding hydrogens is 342 g/mol. The van der Waals surface area contributed by atoms with Gasteiger partial charge in [0.2, 0.25) is 0 Å². The highest BCUT2D eigenvalue weighted by Crippen LogP contribution is 2.35. The second kappa shape index (κ2) is 6.10. The van der Waals surface area contributed by atoms with Crippen molar-refractivity contribution in [3.8, 4) is 16.8 Å². The highest BCUT2D eigenvalue weighted by molar-refractivity contribution is 6.02. The normalized spacial score (nSPS) is 11.6. The maximum Gasteiger partial charge on any atom is 0.0749 e. The van der Waals surface area contributed by atoms with Crippen molar-refractivity contribution in [2.24, 2.45) is 0 Å². The van der Waals surface area contributed by atoms with E-state index in [-0.39, 0.29) is 0 Å². The molecule has 0 fully saturated rings. The van der Waals surface area contributed by atoms with Crippen molar-refractivity contribution in [1.29, 1.82) is 0 Å². The second-order valence-corrected chi connectivity index (χ2v) is 7.60. The first-order chi connectivity index (χ1) is 13.5. The van der Waals surface area contributed by atoms with Gasteiger partial charge in [0.15, 0.2) is 0 Å². The zero-order chi connectivity index (χ0) is 19.4. The number of benzene rings is 2. The SMILES string of the molecule is Cc1ccc(-n2c(C)c3c(C)nn4cc(-c5ccccc5)cc4c3c2C)cc1. The summed E-state index contributed by atoms with van der Waals surface area (Å²) in [5, 5.41) is 7.41. The molecule has 2 aromatic carbocycles. The van der Waals surface area contributed by atoms with Gasteiger partial charge in [0, 0.05) is 39.6 Å². The third-order valence-corrected chi connectivity index (χ3v) is 5.72. The Morgan fingerprint density at radius 2 is 1.39 bits per heavy atom. The van der Waals surface area contributed by atoms with Crippen molar-refractivity contribution in [2.45, 2.75) is 27.7 Å². The lowest BCUT2D eigenvalue weighted by molar-refractivity contribution is 0.919. The number of hydrogen-bond acceptors (Lipinski definition) is 1. The Morgan fingerprint density at radius 3 is 2.11 bits per heavy atom. The minimum atomic E-state index is 1.06. The van der Waals surface area contributed by atoms with Gasteiger partial charge in [0.25, 0.3) is 0 Å². The van der Waals surface area contributed by atoms with E-state index in [4.69, 9.17) is 5.10 Å². The molecule has 0 radical (unpaired) electrons. The van der Waals surface area contributed by atoms with Crippen LogP contribution < -0.4 is 0 Å². The van der Waals surface area contributed by atoms with E-state index in [0.29, 0.717) is 0 Å². The number of nitrogens with zero attached hydrogens (tertiary/aromatic N) is 3. The fourth-order valence-corrected chi connectivity index (χ4v) is 4.40. The Labute approximate surface area is 164 Å². The van der Waals surface area contributed by atoms with E-state index < -0.39 is 0 Å². The summed E-state index contributed by atoms with van der Waals surface area (Å²) in [6.07, 6.45) is 2.13. The number of fused-ring (bicyclic) bond motifs is 3. The Balaban J connectivity index is 1.84. The Bertz CT molecular complexity index is 1320. The molecule has 28 heavy (non-hydrogen) atoms. The first-order valence-corrected chi connectivity index (χ1v) is 9.67. The van der Waals surface area contributed by atoms with Gasteiger partial charge in [-0.25, -0.2) is 4.52 Å². The topological polar surface area (TPSA) is 22.2 Å². The van der Waals surface area contributed by atoms with Gasteiger partial charge in [-0.15, -0.1) is 0 Å². The number of hydrogen-bond donors (Lipinski definition) is 0. The highest BCUT2D eigenvalue weighted by Gasteiger charge is 2.19. The van der Waals surface area contributed by atoms with Crippen LogP contribution in [0.1, 0.15) is 22.6 Å². The Kier molecular flexibility index (Phi) is 3.66. The molecule has 3 heteroatoms. The van der Waals surface area contributed by atoms with E-state index in [9.17, 15) is 0 Å². The smallest absolute Gasteiger partial charge is 0.0749 e. The largest absolute Gasteiger partial charge is 0.317 e. The summed E-state index contributed by atoms with van der Waals surface area (Å²) in [5.74, 6) is 0. The van der Waals surface area contributed by atoms with E-state index in [1.54, 1.807) is 0 Å². The molecule has 0 aliphatic carbocycles. The van der Waals surface area contributed by atoms with Crippen LogP contribution in [0, 0.1) is 27.7 Å². The molecule has 0 saturated heterocycles. The molecule has 5 rings (SSSR count). The van der Waals surface area contributed by atoms with Crippen molar-refractivity contribution < 1.29 is 0 Å². The standard InChI is InChI=1S/C25H23N3/c1-16-10-12-22(13-11-16)28-18(3)24-17(2)26-27-15-21(20-8-6-5-7-9-20)14-23(27)25(24)19(28)4/h5-15H,1-4H3. The van der Waals surface area contributed by atoms with Crippen molar-refractivity contribution in [3.63, 3.8) is 0 Å². The predicted octanol–water partition coefficient (Wildman–Crippen LogP) is 6.18. The summed E-state index contributed by atoms with van der Waals surface area (Å²) in [4.78, 5) is 0. The molecule has 0 bridgehead atoms. The van der Waals surface area contributed by atoms with Crippen molar-refractivity contribution in [1.82, 2.24) is 14.2 Å². The molecule has 3 heterocycles. The summed E-state index contributed by atoms with van der Waals surface area (Å²) in [6.45, 7) is 8.64. The molecule has 0 saturated carbocycles. The maximum absolute atomic E-state index is 4.88. The van der Waals surface area contributed by atoms with Crippen LogP contribution in [0.3, 0.4) is 0 Å². The van der Waals surface area contributed by atoms with Crippen LogP contribution in [0.15, 0.2) is 66.9 Å². The van der Waals surface area contributed by atoms with Crippen LogP contribution in [-0.4, -0.2) is 14.2 Å². The molecule has 5 aromatic rings. The number of rotatable bonds is 2. The van der Waals surface area contributed by atoms with Crippen LogP contribution >= 0.6 is 0 Å². The molecule has 0 unspecified atom stereocenters. The molecule has 3 nitrogen and oxygen atoms in total. The van der Waals surface area contributed by atoms with Crippen molar-refractivity contribution in [3.05, 3.63) is 89.5 Å². The Hall–Kier alpha value is -3.33. The van der Waals surface area contributed by atoms with Crippen LogP contribution in [0.5, 0.6) is 0 Å². The lowest BCUT2D eigenvalue weighted by atomic mass is 10.1. The quantitative estimate of drug-likeness (QED) is 0.366. The fourth-order valence-electron chi connectivity index (χ4n) is 4.40. The predicted molar refractivity (Wildman–Crippen MR) is 116 cm³/mol. The minimum Gasteiger partial charge on any atom is -0.317 e. The first-order valence-electron chi connectivity index (χ1n) is 9.67. The van der Waals surface area contributed by atoms with Gasteiger partial charge in [0.1, 0.15) is 0 Å². The summed E-state index contributed by atoms with van der Waals surface area (Å²) >= 11 is 0. The summed E-state index contributed by atoms with van der Waals surface area (Å²) in [5.41, 5.74) is 9.59. The van der Waals surface area contributed by atoms with E-state index in [2.05, 4.69) is 99.1 Å². The zero-order valence-corrected chi connectivity index (χ0v) is 16.7. The van der Waals surface area contributed by atoms with Gasteiger partial charge < -0.3 is 4.57 Å². The molecule has 0 aliphatic heterocycles. The first kappa shape index (κ1) is 16.8. The van der Waals surface area contributed by atoms with E-state index in [1.165, 1.54) is 44.5 Å². The Morgan fingerprint density at radius 1 is 0.714 bits per heavy atom. The number of aromatic nitrogens is 3. The summed E-state index contributed by atoms with van der Waals surface area (Å²) < 4.78 is 4.39. The van der Waals surface area contributed by atoms with Crippen molar-refractivity contribution >= 4 is 16.3 Å². The molecule has 0 amide bonds. The molecule has 3 aromatic heterocycles. The lowest BCUT2D eigenvalue weighted by Gasteiger charge is -2.09. The molecule has 0 N–H and O–H groups in total. The third-order valence-electron chi connectivity index (χ3n) is 5.72. The average molecular weight is 365 g/mol. The molecule has 0 aliphatic rings. The highest BCUT2D eigenvalue weighted by atomic mass is 15.2. The van der Waals surface area contributed by atoms with Gasteiger partial charge in [-0.1, -0.05) is 48.0 Å². The van der Waals surface area contributed by atoms with Crippen molar-refractivity contribution in [2.75, 3.05) is 0 Å². The summed E-state index contributed by atoms with van der Waals surface area (Å²) in [6, 6.07) is 21.5. The monoisotopic (exact) mass is 365 g/mol. The lowest BCUT2D eigenvalue weighted by Crippen LogP contribution is -1.98. The van der Waals surface area contributed by atoms with Gasteiger partial charge in [-0.3, -0.25) is 0 Å². The van der Waals surface area contributed by atoms with E-state index in [1.807, 2.05) is 4.52 Å². The second-order valence-electron chi connectivity index (χ2n) is 7.60. The molecule has 0 atom stereocenters. The molecular formula is C25H23N3. The van der Waals surface area contributed by atoms with Crippen LogP contribution in [-0.2, 0) is 0 Å². The maximum atomic E-state index is 4.88. The van der Waals surface area contributed by atoms with Gasteiger partial charge in [0.05, 0.1) is 11.2 Å². The minimum absolute atomic E-state index is 1.06. The van der Waals surface area contributed by atoms with Gasteiger partial charge >= 0.3 is 0 Å². The van der Waals surface area contributed by atoms with E-state index in [0.717, 1.165) is 11.2 Å². The van der Waals surface area contributed by atoms with E-state index >= 15 is 0 Å². The van der Waals surface area contributed by atoms with Gasteiger partial charge in [-0.2, -0.15) is 5.10 Å².